The molecule has 0 saturated heterocycles. The molecule has 102 valence electrons. The summed E-state index contributed by atoms with van der Waals surface area (Å²) >= 11 is 0. The number of fused-ring (bicyclic) bond motifs is 1. The van der Waals surface area contributed by atoms with Crippen molar-refractivity contribution in [3.63, 3.8) is 0 Å². The van der Waals surface area contributed by atoms with E-state index in [1.54, 1.807) is 17.5 Å². The molecule has 3 rings (SSSR count). The van der Waals surface area contributed by atoms with Crippen molar-refractivity contribution in [2.75, 3.05) is 6.61 Å². The average molecular weight is 271 g/mol. The van der Waals surface area contributed by atoms with Gasteiger partial charge in [0.2, 0.25) is 0 Å². The van der Waals surface area contributed by atoms with E-state index in [9.17, 15) is 4.79 Å². The SMILES string of the molecule is CCOC(=O)c1cnc2c(-c3cnco3)cc(C)cn12. The van der Waals surface area contributed by atoms with Crippen LogP contribution < -0.4 is 0 Å². The fourth-order valence-electron chi connectivity index (χ4n) is 2.11. The van der Waals surface area contributed by atoms with E-state index < -0.39 is 5.97 Å². The van der Waals surface area contributed by atoms with Crippen LogP contribution in [0.15, 0.2) is 35.5 Å². The molecular weight excluding hydrogens is 258 g/mol. The summed E-state index contributed by atoms with van der Waals surface area (Å²) in [5.41, 5.74) is 2.80. The second kappa shape index (κ2) is 4.80. The number of hydrogen-bond donors (Lipinski definition) is 0. The zero-order chi connectivity index (χ0) is 14.1. The van der Waals surface area contributed by atoms with Crippen LogP contribution in [0.2, 0.25) is 0 Å². The molecule has 3 aromatic rings. The van der Waals surface area contributed by atoms with E-state index in [2.05, 4.69) is 9.97 Å². The summed E-state index contributed by atoms with van der Waals surface area (Å²) in [5.74, 6) is 0.217. The minimum Gasteiger partial charge on any atom is -0.461 e. The summed E-state index contributed by atoms with van der Waals surface area (Å²) in [6, 6.07) is 1.94. The van der Waals surface area contributed by atoms with E-state index in [0.717, 1.165) is 11.1 Å². The molecule has 0 radical (unpaired) electrons. The first-order chi connectivity index (χ1) is 9.70. The lowest BCUT2D eigenvalue weighted by molar-refractivity contribution is 0.0518. The molecule has 0 spiro atoms. The predicted molar refractivity (Wildman–Crippen MR) is 71.4 cm³/mol. The molecule has 0 aliphatic rings. The second-order valence-corrected chi connectivity index (χ2v) is 4.35. The van der Waals surface area contributed by atoms with Gasteiger partial charge in [-0.3, -0.25) is 4.40 Å². The number of nitrogens with zero attached hydrogens (tertiary/aromatic N) is 3. The Kier molecular flexibility index (Phi) is 2.98. The highest BCUT2D eigenvalue weighted by Crippen LogP contribution is 2.25. The van der Waals surface area contributed by atoms with Gasteiger partial charge in [-0.2, -0.15) is 0 Å². The highest BCUT2D eigenvalue weighted by atomic mass is 16.5. The monoisotopic (exact) mass is 271 g/mol. The van der Waals surface area contributed by atoms with E-state index in [1.165, 1.54) is 12.6 Å². The Morgan fingerprint density at radius 2 is 2.30 bits per heavy atom. The summed E-state index contributed by atoms with van der Waals surface area (Å²) in [4.78, 5) is 20.1. The molecule has 0 N–H and O–H groups in total. The third-order valence-corrected chi connectivity index (χ3v) is 2.92. The maximum atomic E-state index is 11.9. The van der Waals surface area contributed by atoms with Crippen LogP contribution in [-0.2, 0) is 4.74 Å². The molecular formula is C14H13N3O3. The number of hydrogen-bond acceptors (Lipinski definition) is 5. The summed E-state index contributed by atoms with van der Waals surface area (Å²) in [5, 5.41) is 0. The van der Waals surface area contributed by atoms with Crippen molar-refractivity contribution in [3.8, 4) is 11.3 Å². The third kappa shape index (κ3) is 1.95. The molecule has 0 aromatic carbocycles. The Morgan fingerprint density at radius 3 is 3.00 bits per heavy atom. The maximum Gasteiger partial charge on any atom is 0.356 e. The van der Waals surface area contributed by atoms with Crippen LogP contribution in [0, 0.1) is 6.92 Å². The van der Waals surface area contributed by atoms with Crippen LogP contribution in [0.1, 0.15) is 23.0 Å². The Balaban J connectivity index is 2.22. The number of ether oxygens (including phenoxy) is 1. The van der Waals surface area contributed by atoms with Gasteiger partial charge in [-0.15, -0.1) is 0 Å². The molecule has 0 aliphatic carbocycles. The van der Waals surface area contributed by atoms with Crippen molar-refractivity contribution < 1.29 is 13.9 Å². The van der Waals surface area contributed by atoms with Gasteiger partial charge in [0, 0.05) is 6.20 Å². The van der Waals surface area contributed by atoms with Gasteiger partial charge in [-0.25, -0.2) is 14.8 Å². The van der Waals surface area contributed by atoms with Gasteiger partial charge < -0.3 is 9.15 Å². The zero-order valence-electron chi connectivity index (χ0n) is 11.2. The fourth-order valence-corrected chi connectivity index (χ4v) is 2.11. The van der Waals surface area contributed by atoms with Crippen molar-refractivity contribution >= 4 is 11.6 Å². The molecule has 0 bridgehead atoms. The minimum atomic E-state index is -0.394. The number of aromatic nitrogens is 3. The lowest BCUT2D eigenvalue weighted by Crippen LogP contribution is -2.08. The Labute approximate surface area is 115 Å². The molecule has 6 nitrogen and oxygen atoms in total. The van der Waals surface area contributed by atoms with E-state index in [0.29, 0.717) is 23.7 Å². The lowest BCUT2D eigenvalue weighted by atomic mass is 10.2. The van der Waals surface area contributed by atoms with Crippen LogP contribution in [0.5, 0.6) is 0 Å². The Hall–Kier alpha value is -2.63. The first kappa shape index (κ1) is 12.4. The quantitative estimate of drug-likeness (QED) is 0.684. The molecule has 0 saturated carbocycles. The normalized spacial score (nSPS) is 10.9. The van der Waals surface area contributed by atoms with Crippen LogP contribution >= 0.6 is 0 Å². The summed E-state index contributed by atoms with van der Waals surface area (Å²) in [6.45, 7) is 4.04. The van der Waals surface area contributed by atoms with Gasteiger partial charge in [-0.05, 0) is 25.5 Å². The third-order valence-electron chi connectivity index (χ3n) is 2.92. The van der Waals surface area contributed by atoms with E-state index in [4.69, 9.17) is 9.15 Å². The number of carbonyl (C=O) groups excluding carboxylic acids is 1. The Morgan fingerprint density at radius 1 is 1.45 bits per heavy atom. The Bertz CT molecular complexity index is 759. The number of carbonyl (C=O) groups is 1. The molecule has 0 amide bonds. The summed E-state index contributed by atoms with van der Waals surface area (Å²) in [7, 11) is 0. The number of rotatable bonds is 3. The predicted octanol–water partition coefficient (Wildman–Crippen LogP) is 2.47. The lowest BCUT2D eigenvalue weighted by Gasteiger charge is -2.05. The first-order valence-corrected chi connectivity index (χ1v) is 6.24. The van der Waals surface area contributed by atoms with Gasteiger partial charge in [0.15, 0.2) is 17.8 Å². The number of pyridine rings is 1. The average Bonchev–Trinajstić information content (AvgIpc) is 3.07. The molecule has 20 heavy (non-hydrogen) atoms. The maximum absolute atomic E-state index is 11.9. The van der Waals surface area contributed by atoms with Crippen LogP contribution in [0.3, 0.4) is 0 Å². The van der Waals surface area contributed by atoms with Crippen LogP contribution in [0.25, 0.3) is 17.0 Å². The number of imidazole rings is 1. The smallest absolute Gasteiger partial charge is 0.356 e. The standard InChI is InChI=1S/C14H13N3O3/c1-3-19-14(18)11-5-16-13-10(12-6-15-8-20-12)4-9(2)7-17(11)13/h4-8H,3H2,1-2H3. The summed E-state index contributed by atoms with van der Waals surface area (Å²) < 4.78 is 12.1. The highest BCUT2D eigenvalue weighted by Gasteiger charge is 2.17. The van der Waals surface area contributed by atoms with Gasteiger partial charge >= 0.3 is 5.97 Å². The molecule has 0 aliphatic heterocycles. The number of aryl methyl sites for hydroxylation is 1. The van der Waals surface area contributed by atoms with Gasteiger partial charge in [0.05, 0.1) is 24.6 Å². The van der Waals surface area contributed by atoms with Crippen molar-refractivity contribution in [3.05, 3.63) is 42.3 Å². The van der Waals surface area contributed by atoms with E-state index >= 15 is 0 Å². The van der Waals surface area contributed by atoms with Crippen LogP contribution in [-0.4, -0.2) is 26.9 Å². The van der Waals surface area contributed by atoms with Crippen molar-refractivity contribution in [2.24, 2.45) is 0 Å². The summed E-state index contributed by atoms with van der Waals surface area (Å²) in [6.07, 6.45) is 6.33. The molecule has 3 aromatic heterocycles. The molecule has 0 atom stereocenters. The second-order valence-electron chi connectivity index (χ2n) is 4.35. The molecule has 6 heteroatoms. The topological polar surface area (TPSA) is 69.6 Å². The molecule has 0 unspecified atom stereocenters. The fraction of sp³-hybridized carbons (Fsp3) is 0.214. The first-order valence-electron chi connectivity index (χ1n) is 6.24. The van der Waals surface area contributed by atoms with Crippen molar-refractivity contribution in [1.29, 1.82) is 0 Å². The highest BCUT2D eigenvalue weighted by molar-refractivity contribution is 5.90. The molecule has 0 fully saturated rings. The largest absolute Gasteiger partial charge is 0.461 e. The molecule has 3 heterocycles. The minimum absolute atomic E-state index is 0.326. The number of esters is 1. The van der Waals surface area contributed by atoms with Crippen molar-refractivity contribution in [1.82, 2.24) is 14.4 Å². The van der Waals surface area contributed by atoms with E-state index in [1.807, 2.05) is 19.2 Å². The van der Waals surface area contributed by atoms with Gasteiger partial charge in [0.1, 0.15) is 5.65 Å². The van der Waals surface area contributed by atoms with Gasteiger partial charge in [0.25, 0.3) is 0 Å². The van der Waals surface area contributed by atoms with Crippen LogP contribution in [0.4, 0.5) is 0 Å². The zero-order valence-corrected chi connectivity index (χ0v) is 11.2. The van der Waals surface area contributed by atoms with Crippen molar-refractivity contribution in [2.45, 2.75) is 13.8 Å². The number of oxazole rings is 1. The van der Waals surface area contributed by atoms with E-state index in [-0.39, 0.29) is 0 Å². The van der Waals surface area contributed by atoms with Gasteiger partial charge in [-0.1, -0.05) is 0 Å².